The van der Waals surface area contributed by atoms with E-state index in [-0.39, 0.29) is 45.1 Å². The van der Waals surface area contributed by atoms with Crippen LogP contribution in [0.4, 0.5) is 9.39 Å². The lowest BCUT2D eigenvalue weighted by Gasteiger charge is -2.14. The van der Waals surface area contributed by atoms with Gasteiger partial charge in [0.15, 0.2) is 5.16 Å². The Labute approximate surface area is 230 Å². The normalized spacial score (nSPS) is 12.2. The van der Waals surface area contributed by atoms with Gasteiger partial charge in [-0.3, -0.25) is 14.2 Å². The number of anilines is 1. The third-order valence-corrected chi connectivity index (χ3v) is 8.66. The fourth-order valence-electron chi connectivity index (χ4n) is 3.74. The fourth-order valence-corrected chi connectivity index (χ4v) is 6.70. The first-order valence-electron chi connectivity index (χ1n) is 11.7. The summed E-state index contributed by atoms with van der Waals surface area (Å²) in [5, 5.41) is 3.15. The molecule has 0 saturated heterocycles. The zero-order chi connectivity index (χ0) is 27.4. The zero-order valence-electron chi connectivity index (χ0n) is 20.8. The minimum atomic E-state index is -0.664. The molecule has 200 valence electrons. The lowest BCUT2D eigenvalue weighted by molar-refractivity contribution is -0.113. The van der Waals surface area contributed by atoms with E-state index in [4.69, 9.17) is 9.47 Å². The van der Waals surface area contributed by atoms with Crippen LogP contribution in [0.25, 0.3) is 5.69 Å². The van der Waals surface area contributed by atoms with Gasteiger partial charge in [-0.05, 0) is 50.6 Å². The molecule has 0 bridgehead atoms. The predicted molar refractivity (Wildman–Crippen MR) is 145 cm³/mol. The van der Waals surface area contributed by atoms with E-state index in [1.807, 2.05) is 0 Å². The number of hydrogen-bond donors (Lipinski definition) is 1. The molecule has 0 saturated carbocycles. The van der Waals surface area contributed by atoms with Crippen LogP contribution in [0, 0.1) is 12.7 Å². The molecule has 2 aromatic heterocycles. The SMILES string of the molecule is CCOC(=O)c1sc(NC(=O)CSc2nc3c(c(=O)n2-c2ccc(F)cc2)SCC3)c(C(=O)OCC)c1C. The summed E-state index contributed by atoms with van der Waals surface area (Å²) >= 11 is 3.39. The summed E-state index contributed by atoms with van der Waals surface area (Å²) < 4.78 is 25.1. The van der Waals surface area contributed by atoms with Crippen LogP contribution in [-0.4, -0.2) is 52.1 Å². The number of amides is 1. The molecule has 38 heavy (non-hydrogen) atoms. The Kier molecular flexibility index (Phi) is 8.90. The molecule has 0 spiro atoms. The van der Waals surface area contributed by atoms with E-state index < -0.39 is 23.7 Å². The number of halogens is 1. The Balaban J connectivity index is 1.61. The second-order valence-electron chi connectivity index (χ2n) is 7.92. The van der Waals surface area contributed by atoms with Crippen molar-refractivity contribution in [2.75, 3.05) is 30.0 Å². The van der Waals surface area contributed by atoms with Gasteiger partial charge in [0, 0.05) is 12.2 Å². The number of ether oxygens (including phenoxy) is 2. The minimum absolute atomic E-state index is 0.0918. The molecular formula is C25H24FN3O6S3. The molecular weight excluding hydrogens is 553 g/mol. The van der Waals surface area contributed by atoms with Gasteiger partial charge in [0.25, 0.3) is 5.56 Å². The molecule has 9 nitrogen and oxygen atoms in total. The highest BCUT2D eigenvalue weighted by atomic mass is 32.2. The molecule has 13 heteroatoms. The summed E-state index contributed by atoms with van der Waals surface area (Å²) in [6.45, 7) is 5.20. The molecule has 0 unspecified atom stereocenters. The first kappa shape index (κ1) is 27.9. The Morgan fingerprint density at radius 3 is 2.50 bits per heavy atom. The third-order valence-electron chi connectivity index (χ3n) is 5.42. The standard InChI is InChI=1S/C25H24FN3O6S3/c1-4-34-23(32)18-13(3)19(24(33)35-5-2)38-21(18)28-17(30)12-37-25-27-16-10-11-36-20(16)22(31)29(25)15-8-6-14(26)7-9-15/h6-9H,4-5,10-12H2,1-3H3,(H,28,30). The highest BCUT2D eigenvalue weighted by Gasteiger charge is 2.28. The third kappa shape index (κ3) is 5.79. The summed E-state index contributed by atoms with van der Waals surface area (Å²) in [7, 11) is 0. The van der Waals surface area contributed by atoms with Crippen molar-refractivity contribution >= 4 is 57.7 Å². The number of nitrogens with zero attached hydrogens (tertiary/aromatic N) is 2. The maximum absolute atomic E-state index is 13.5. The van der Waals surface area contributed by atoms with Crippen molar-refractivity contribution in [1.29, 1.82) is 0 Å². The number of hydrogen-bond acceptors (Lipinski definition) is 10. The summed E-state index contributed by atoms with van der Waals surface area (Å²) in [4.78, 5) is 56.6. The van der Waals surface area contributed by atoms with Crippen LogP contribution in [-0.2, 0) is 20.7 Å². The maximum Gasteiger partial charge on any atom is 0.348 e. The van der Waals surface area contributed by atoms with Gasteiger partial charge in [0.05, 0.1) is 40.8 Å². The second kappa shape index (κ2) is 12.1. The van der Waals surface area contributed by atoms with Crippen molar-refractivity contribution in [1.82, 2.24) is 9.55 Å². The summed E-state index contributed by atoms with van der Waals surface area (Å²) in [6, 6.07) is 5.46. The van der Waals surface area contributed by atoms with Crippen LogP contribution < -0.4 is 10.9 Å². The van der Waals surface area contributed by atoms with Crippen molar-refractivity contribution < 1.29 is 28.2 Å². The number of thioether (sulfide) groups is 2. The molecule has 3 heterocycles. The second-order valence-corrected chi connectivity index (χ2v) is 11.0. The number of aromatic nitrogens is 2. The van der Waals surface area contributed by atoms with Crippen LogP contribution in [0.15, 0.2) is 39.1 Å². The summed E-state index contributed by atoms with van der Waals surface area (Å²) in [5.74, 6) is -1.60. The zero-order valence-corrected chi connectivity index (χ0v) is 23.2. The topological polar surface area (TPSA) is 117 Å². The molecule has 1 aliphatic rings. The number of benzene rings is 1. The minimum Gasteiger partial charge on any atom is -0.462 e. The molecule has 1 aromatic carbocycles. The van der Waals surface area contributed by atoms with Gasteiger partial charge in [-0.2, -0.15) is 0 Å². The average Bonchev–Trinajstić information content (AvgIpc) is 3.48. The van der Waals surface area contributed by atoms with Crippen molar-refractivity contribution in [3.63, 3.8) is 0 Å². The molecule has 0 aliphatic carbocycles. The largest absolute Gasteiger partial charge is 0.462 e. The van der Waals surface area contributed by atoms with Crippen molar-refractivity contribution in [3.8, 4) is 5.69 Å². The van der Waals surface area contributed by atoms with E-state index in [0.717, 1.165) is 28.9 Å². The van der Waals surface area contributed by atoms with Crippen LogP contribution in [0.3, 0.4) is 0 Å². The molecule has 0 radical (unpaired) electrons. The van der Waals surface area contributed by atoms with Crippen molar-refractivity contribution in [3.05, 3.63) is 62.1 Å². The number of esters is 2. The molecule has 4 rings (SSSR count). The van der Waals surface area contributed by atoms with E-state index in [9.17, 15) is 23.6 Å². The van der Waals surface area contributed by atoms with Gasteiger partial charge in [0.1, 0.15) is 15.7 Å². The van der Waals surface area contributed by atoms with E-state index in [1.54, 1.807) is 20.8 Å². The van der Waals surface area contributed by atoms with E-state index in [2.05, 4.69) is 10.3 Å². The first-order chi connectivity index (χ1) is 18.2. The van der Waals surface area contributed by atoms with Gasteiger partial charge in [-0.15, -0.1) is 23.1 Å². The van der Waals surface area contributed by atoms with Gasteiger partial charge >= 0.3 is 11.9 Å². The van der Waals surface area contributed by atoms with Crippen LogP contribution >= 0.6 is 34.9 Å². The Hall–Kier alpha value is -3.16. The number of thiophene rings is 1. The van der Waals surface area contributed by atoms with Crippen LogP contribution in [0.2, 0.25) is 0 Å². The Bertz CT molecular complexity index is 1450. The smallest absolute Gasteiger partial charge is 0.348 e. The van der Waals surface area contributed by atoms with Crippen LogP contribution in [0.5, 0.6) is 0 Å². The molecule has 1 aliphatic heterocycles. The highest BCUT2D eigenvalue weighted by molar-refractivity contribution is 8.00. The Morgan fingerprint density at radius 1 is 1.13 bits per heavy atom. The predicted octanol–water partition coefficient (Wildman–Crippen LogP) is 4.47. The number of fused-ring (bicyclic) bond motifs is 1. The molecule has 1 amide bonds. The number of nitrogens with one attached hydrogen (secondary N) is 1. The Morgan fingerprint density at radius 2 is 1.82 bits per heavy atom. The molecule has 1 N–H and O–H groups in total. The maximum atomic E-state index is 13.5. The number of aryl methyl sites for hydroxylation is 1. The lowest BCUT2D eigenvalue weighted by Crippen LogP contribution is -2.24. The molecule has 3 aromatic rings. The summed E-state index contributed by atoms with van der Waals surface area (Å²) in [6.07, 6.45) is 0.632. The van der Waals surface area contributed by atoms with Gasteiger partial charge in [-0.25, -0.2) is 19.0 Å². The number of rotatable bonds is 9. The highest BCUT2D eigenvalue weighted by Crippen LogP contribution is 2.35. The van der Waals surface area contributed by atoms with Gasteiger partial charge < -0.3 is 14.8 Å². The number of carbonyl (C=O) groups is 3. The monoisotopic (exact) mass is 577 g/mol. The van der Waals surface area contributed by atoms with E-state index in [0.29, 0.717) is 28.3 Å². The molecule has 0 atom stereocenters. The average molecular weight is 578 g/mol. The lowest BCUT2D eigenvalue weighted by atomic mass is 10.1. The first-order valence-corrected chi connectivity index (χ1v) is 14.5. The van der Waals surface area contributed by atoms with Gasteiger partial charge in [-0.1, -0.05) is 11.8 Å². The van der Waals surface area contributed by atoms with Gasteiger partial charge in [0.2, 0.25) is 5.91 Å². The van der Waals surface area contributed by atoms with Crippen LogP contribution in [0.1, 0.15) is 45.1 Å². The summed E-state index contributed by atoms with van der Waals surface area (Å²) in [5.41, 5.74) is 1.27. The van der Waals surface area contributed by atoms with E-state index in [1.165, 1.54) is 40.6 Å². The molecule has 0 fully saturated rings. The van der Waals surface area contributed by atoms with E-state index >= 15 is 0 Å². The number of carbonyl (C=O) groups excluding carboxylic acids is 3. The van der Waals surface area contributed by atoms with Crippen molar-refractivity contribution in [2.45, 2.75) is 37.2 Å². The quantitative estimate of drug-likeness (QED) is 0.223. The fraction of sp³-hybridized carbons (Fsp3) is 0.320. The van der Waals surface area contributed by atoms with Crippen molar-refractivity contribution in [2.24, 2.45) is 0 Å².